The number of benzene rings is 1. The normalized spacial score (nSPS) is 16.9. The number of rotatable bonds is 7. The molecule has 1 fully saturated rings. The van der Waals surface area contributed by atoms with Gasteiger partial charge in [0, 0.05) is 40.7 Å². The molecule has 0 saturated carbocycles. The van der Waals surface area contributed by atoms with Gasteiger partial charge in [0.15, 0.2) is 0 Å². The second-order valence-corrected chi connectivity index (χ2v) is 7.51. The number of nitro benzene ring substituents is 1. The van der Waals surface area contributed by atoms with E-state index in [2.05, 4.69) is 4.98 Å². The Bertz CT molecular complexity index is 787. The van der Waals surface area contributed by atoms with Gasteiger partial charge < -0.3 is 10.5 Å². The Morgan fingerprint density at radius 3 is 3.00 bits per heavy atom. The van der Waals surface area contributed by atoms with Gasteiger partial charge in [-0.3, -0.25) is 14.9 Å². The number of ether oxygens (including phenoxy) is 1. The largest absolute Gasteiger partial charge is 0.371 e. The first-order valence-corrected chi connectivity index (χ1v) is 9.79. The number of aromatic nitrogens is 1. The molecule has 2 N–H and O–H groups in total. The highest BCUT2D eigenvalue weighted by molar-refractivity contribution is 7.97. The van der Waals surface area contributed by atoms with E-state index in [1.807, 2.05) is 5.38 Å². The number of amides is 1. The van der Waals surface area contributed by atoms with Crippen LogP contribution in [0.25, 0.3) is 0 Å². The van der Waals surface area contributed by atoms with Crippen LogP contribution in [0.15, 0.2) is 23.6 Å². The third-order valence-corrected chi connectivity index (χ3v) is 5.85. The minimum Gasteiger partial charge on any atom is -0.371 e. The second-order valence-electron chi connectivity index (χ2n) is 5.64. The van der Waals surface area contributed by atoms with E-state index in [1.165, 1.54) is 12.1 Å². The summed E-state index contributed by atoms with van der Waals surface area (Å²) in [6.07, 6.45) is 2.20. The zero-order chi connectivity index (χ0) is 17.8. The van der Waals surface area contributed by atoms with Crippen LogP contribution < -0.4 is 5.73 Å². The molecular formula is C16H17N3O4S2. The fourth-order valence-electron chi connectivity index (χ4n) is 2.58. The summed E-state index contributed by atoms with van der Waals surface area (Å²) in [5, 5.41) is 14.2. The van der Waals surface area contributed by atoms with Crippen molar-refractivity contribution in [3.63, 3.8) is 0 Å². The van der Waals surface area contributed by atoms with E-state index < -0.39 is 10.8 Å². The predicted octanol–water partition coefficient (Wildman–Crippen LogP) is 3.44. The van der Waals surface area contributed by atoms with Gasteiger partial charge in [0.25, 0.3) is 5.69 Å². The van der Waals surface area contributed by atoms with Crippen molar-refractivity contribution in [2.24, 2.45) is 5.73 Å². The molecule has 1 aromatic heterocycles. The van der Waals surface area contributed by atoms with Crippen LogP contribution in [0.4, 0.5) is 5.69 Å². The molecule has 3 rings (SSSR count). The summed E-state index contributed by atoms with van der Waals surface area (Å²) in [6, 6.07) is 4.34. The molecule has 1 aliphatic heterocycles. The predicted molar refractivity (Wildman–Crippen MR) is 96.7 cm³/mol. The first-order valence-electron chi connectivity index (χ1n) is 7.75. The first kappa shape index (κ1) is 17.8. The number of hydrogen-bond donors (Lipinski definition) is 1. The molecule has 1 aliphatic rings. The maximum atomic E-state index is 11.2. The highest BCUT2D eigenvalue weighted by Crippen LogP contribution is 2.32. The number of nitrogens with two attached hydrogens (primary N) is 1. The van der Waals surface area contributed by atoms with Crippen molar-refractivity contribution < 1.29 is 14.5 Å². The van der Waals surface area contributed by atoms with Crippen molar-refractivity contribution in [1.82, 2.24) is 4.98 Å². The number of nitrogens with zero attached hydrogens (tertiary/aromatic N) is 2. The second kappa shape index (κ2) is 7.94. The number of primary amides is 1. The van der Waals surface area contributed by atoms with Crippen molar-refractivity contribution in [3.8, 4) is 0 Å². The van der Waals surface area contributed by atoms with Crippen LogP contribution in [0.2, 0.25) is 0 Å². The number of thioether (sulfide) groups is 1. The molecule has 0 bridgehead atoms. The van der Waals surface area contributed by atoms with E-state index in [-0.39, 0.29) is 17.4 Å². The number of carbonyl (C=O) groups is 1. The molecule has 0 spiro atoms. The van der Waals surface area contributed by atoms with Gasteiger partial charge in [0.05, 0.1) is 10.6 Å². The average molecular weight is 379 g/mol. The SMILES string of the molecule is NC(=O)c1ccc(CSCc2csc(C3CCCO3)n2)c([N+](=O)[O-])c1. The van der Waals surface area contributed by atoms with E-state index in [0.717, 1.165) is 30.2 Å². The molecule has 2 aromatic rings. The maximum Gasteiger partial charge on any atom is 0.274 e. The van der Waals surface area contributed by atoms with Crippen LogP contribution in [0.1, 0.15) is 45.6 Å². The lowest BCUT2D eigenvalue weighted by atomic mass is 10.1. The van der Waals surface area contributed by atoms with E-state index in [1.54, 1.807) is 29.2 Å². The summed E-state index contributed by atoms with van der Waals surface area (Å²) in [6.45, 7) is 0.791. The molecule has 9 heteroatoms. The summed E-state index contributed by atoms with van der Waals surface area (Å²) >= 11 is 3.14. The highest BCUT2D eigenvalue weighted by atomic mass is 32.2. The Kier molecular flexibility index (Phi) is 5.67. The molecule has 0 radical (unpaired) electrons. The minimum absolute atomic E-state index is 0.0814. The van der Waals surface area contributed by atoms with Crippen LogP contribution in [0, 0.1) is 10.1 Å². The molecule has 1 unspecified atom stereocenters. The molecule has 132 valence electrons. The van der Waals surface area contributed by atoms with E-state index in [9.17, 15) is 14.9 Å². The van der Waals surface area contributed by atoms with Crippen molar-refractivity contribution in [1.29, 1.82) is 0 Å². The molecular weight excluding hydrogens is 362 g/mol. The van der Waals surface area contributed by atoms with Crippen molar-refractivity contribution in [3.05, 3.63) is 55.5 Å². The smallest absolute Gasteiger partial charge is 0.274 e. The zero-order valence-corrected chi connectivity index (χ0v) is 15.0. The van der Waals surface area contributed by atoms with Crippen LogP contribution in [-0.2, 0) is 16.2 Å². The molecule has 25 heavy (non-hydrogen) atoms. The van der Waals surface area contributed by atoms with Crippen LogP contribution in [0.3, 0.4) is 0 Å². The molecule has 1 amide bonds. The Morgan fingerprint density at radius 1 is 1.48 bits per heavy atom. The van der Waals surface area contributed by atoms with E-state index in [0.29, 0.717) is 17.1 Å². The summed E-state index contributed by atoms with van der Waals surface area (Å²) in [4.78, 5) is 26.5. The van der Waals surface area contributed by atoms with Crippen molar-refractivity contribution in [2.75, 3.05) is 6.61 Å². The quantitative estimate of drug-likeness (QED) is 0.583. The Balaban J connectivity index is 1.62. The van der Waals surface area contributed by atoms with Gasteiger partial charge in [0.1, 0.15) is 11.1 Å². The van der Waals surface area contributed by atoms with Gasteiger partial charge in [-0.1, -0.05) is 6.07 Å². The minimum atomic E-state index is -0.675. The lowest BCUT2D eigenvalue weighted by Gasteiger charge is -2.05. The fraction of sp³-hybridized carbons (Fsp3) is 0.375. The van der Waals surface area contributed by atoms with Crippen LogP contribution >= 0.6 is 23.1 Å². The van der Waals surface area contributed by atoms with E-state index >= 15 is 0 Å². The van der Waals surface area contributed by atoms with Gasteiger partial charge in [0.2, 0.25) is 5.91 Å². The highest BCUT2D eigenvalue weighted by Gasteiger charge is 2.21. The maximum absolute atomic E-state index is 11.2. The van der Waals surface area contributed by atoms with Crippen LogP contribution in [0.5, 0.6) is 0 Å². The first-order chi connectivity index (χ1) is 12.0. The molecule has 7 nitrogen and oxygen atoms in total. The molecule has 1 atom stereocenters. The van der Waals surface area contributed by atoms with Crippen LogP contribution in [-0.4, -0.2) is 22.4 Å². The molecule has 0 aliphatic carbocycles. The topological polar surface area (TPSA) is 108 Å². The third-order valence-electron chi connectivity index (χ3n) is 3.85. The summed E-state index contributed by atoms with van der Waals surface area (Å²) in [5.41, 5.74) is 6.76. The van der Waals surface area contributed by atoms with Gasteiger partial charge in [-0.2, -0.15) is 11.8 Å². The third kappa shape index (κ3) is 4.36. The Labute approximate surface area is 152 Å². The zero-order valence-electron chi connectivity index (χ0n) is 13.3. The Hall–Kier alpha value is -1.97. The number of thiazole rings is 1. The molecule has 1 saturated heterocycles. The van der Waals surface area contributed by atoms with Gasteiger partial charge in [-0.25, -0.2) is 4.98 Å². The standard InChI is InChI=1S/C16H17N3O4S2/c17-15(20)10-3-4-11(13(6-10)19(21)22)7-24-8-12-9-25-16(18-12)14-2-1-5-23-14/h3-4,6,9,14H,1-2,5,7-8H2,(H2,17,20). The fourth-order valence-corrected chi connectivity index (χ4v) is 4.51. The van der Waals surface area contributed by atoms with E-state index in [4.69, 9.17) is 10.5 Å². The number of hydrogen-bond acceptors (Lipinski definition) is 7. The Morgan fingerprint density at radius 2 is 2.32 bits per heavy atom. The summed E-state index contributed by atoms with van der Waals surface area (Å²) in [7, 11) is 0. The lowest BCUT2D eigenvalue weighted by molar-refractivity contribution is -0.385. The van der Waals surface area contributed by atoms with Gasteiger partial charge >= 0.3 is 0 Å². The van der Waals surface area contributed by atoms with Gasteiger partial charge in [-0.15, -0.1) is 11.3 Å². The van der Waals surface area contributed by atoms with Gasteiger partial charge in [-0.05, 0) is 18.9 Å². The summed E-state index contributed by atoms with van der Waals surface area (Å²) < 4.78 is 5.63. The average Bonchev–Trinajstić information content (AvgIpc) is 3.26. The number of nitro groups is 1. The summed E-state index contributed by atoms with van der Waals surface area (Å²) in [5.74, 6) is 0.450. The lowest BCUT2D eigenvalue weighted by Crippen LogP contribution is -2.11. The van der Waals surface area contributed by atoms with Crippen molar-refractivity contribution in [2.45, 2.75) is 30.5 Å². The number of carbonyl (C=O) groups excluding carboxylic acids is 1. The molecule has 1 aromatic carbocycles. The molecule has 2 heterocycles. The monoisotopic (exact) mass is 379 g/mol. The van der Waals surface area contributed by atoms with Crippen molar-refractivity contribution >= 4 is 34.7 Å².